The van der Waals surface area contributed by atoms with Gasteiger partial charge < -0.3 is 9.26 Å². The molecule has 1 aliphatic heterocycles. The zero-order valence-electron chi connectivity index (χ0n) is 7.42. The summed E-state index contributed by atoms with van der Waals surface area (Å²) in [5, 5.41) is 3.69. The molecule has 0 spiro atoms. The van der Waals surface area contributed by atoms with Gasteiger partial charge in [-0.2, -0.15) is 4.98 Å². The third kappa shape index (κ3) is 1.76. The van der Waals surface area contributed by atoms with Gasteiger partial charge in [-0.15, -0.1) is 0 Å². The minimum atomic E-state index is -0.378. The van der Waals surface area contributed by atoms with Gasteiger partial charge in [-0.3, -0.25) is 0 Å². The number of aromatic nitrogens is 2. The molecular weight excluding hydrogens is 236 g/mol. The lowest BCUT2D eigenvalue weighted by Gasteiger charge is -2.29. The van der Waals surface area contributed by atoms with Gasteiger partial charge >= 0.3 is 0 Å². The van der Waals surface area contributed by atoms with E-state index in [0.29, 0.717) is 10.6 Å². The van der Waals surface area contributed by atoms with Crippen LogP contribution in [0.1, 0.15) is 32.1 Å². The maximum absolute atomic E-state index is 5.65. The van der Waals surface area contributed by atoms with Gasteiger partial charge in [0.05, 0.1) is 0 Å². The predicted octanol–water partition coefficient (Wildman–Crippen LogP) is 2.25. The quantitative estimate of drug-likeness (QED) is 0.763. The average Bonchev–Trinajstić information content (AvgIpc) is 2.54. The summed E-state index contributed by atoms with van der Waals surface area (Å²) in [5.41, 5.74) is -0.378. The van der Waals surface area contributed by atoms with E-state index < -0.39 is 0 Å². The molecule has 1 aromatic heterocycles. The lowest BCUT2D eigenvalue weighted by atomic mass is 9.96. The van der Waals surface area contributed by atoms with E-state index in [4.69, 9.17) is 9.26 Å². The molecule has 1 aliphatic rings. The highest BCUT2D eigenvalue weighted by Gasteiger charge is 2.35. The summed E-state index contributed by atoms with van der Waals surface area (Å²) in [4.78, 5) is 4.12. The molecule has 2 heterocycles. The van der Waals surface area contributed by atoms with Crippen LogP contribution in [0.15, 0.2) is 9.26 Å². The maximum atomic E-state index is 5.65. The normalized spacial score (nSPS) is 29.1. The number of ether oxygens (including phenoxy) is 1. The highest BCUT2D eigenvalue weighted by molar-refractivity contribution is 9.10. The summed E-state index contributed by atoms with van der Waals surface area (Å²) in [6.45, 7) is 2.77. The van der Waals surface area contributed by atoms with Gasteiger partial charge in [0.15, 0.2) is 0 Å². The van der Waals surface area contributed by atoms with E-state index in [1.165, 1.54) is 0 Å². The van der Waals surface area contributed by atoms with Gasteiger partial charge in [0.2, 0.25) is 4.73 Å². The van der Waals surface area contributed by atoms with Crippen molar-refractivity contribution in [2.24, 2.45) is 0 Å². The molecule has 0 bridgehead atoms. The van der Waals surface area contributed by atoms with E-state index in [9.17, 15) is 0 Å². The number of nitrogens with zero attached hydrogens (tertiary/aromatic N) is 2. The first-order valence-corrected chi connectivity index (χ1v) is 5.14. The molecule has 1 fully saturated rings. The van der Waals surface area contributed by atoms with Crippen molar-refractivity contribution >= 4 is 15.9 Å². The van der Waals surface area contributed by atoms with Crippen molar-refractivity contribution in [2.45, 2.75) is 31.8 Å². The molecule has 0 saturated carbocycles. The standard InChI is InChI=1S/C8H11BrN2O2/c1-8(4-2-3-5-12-8)6-10-7(9)11-13-6/h2-5H2,1H3. The van der Waals surface area contributed by atoms with Gasteiger partial charge in [-0.25, -0.2) is 0 Å². The van der Waals surface area contributed by atoms with E-state index >= 15 is 0 Å². The van der Waals surface area contributed by atoms with Crippen LogP contribution in [0, 0.1) is 0 Å². The Hall–Kier alpha value is -0.420. The van der Waals surface area contributed by atoms with E-state index in [1.807, 2.05) is 6.92 Å². The number of hydrogen-bond donors (Lipinski definition) is 0. The first kappa shape index (κ1) is 9.15. The first-order valence-electron chi connectivity index (χ1n) is 4.34. The molecule has 0 aliphatic carbocycles. The molecule has 5 heteroatoms. The molecule has 0 aromatic carbocycles. The second kappa shape index (κ2) is 3.38. The van der Waals surface area contributed by atoms with Crippen molar-refractivity contribution in [1.29, 1.82) is 0 Å². The Balaban J connectivity index is 2.22. The highest BCUT2D eigenvalue weighted by atomic mass is 79.9. The van der Waals surface area contributed by atoms with Crippen molar-refractivity contribution in [1.82, 2.24) is 10.1 Å². The minimum absolute atomic E-state index is 0.378. The van der Waals surface area contributed by atoms with Gasteiger partial charge in [0.25, 0.3) is 5.89 Å². The zero-order chi connectivity index (χ0) is 9.31. The van der Waals surface area contributed by atoms with Crippen LogP contribution in [-0.4, -0.2) is 16.7 Å². The zero-order valence-corrected chi connectivity index (χ0v) is 9.00. The van der Waals surface area contributed by atoms with E-state index in [1.54, 1.807) is 0 Å². The third-order valence-electron chi connectivity index (χ3n) is 2.32. The predicted molar refractivity (Wildman–Crippen MR) is 49.2 cm³/mol. The Labute approximate surface area is 84.8 Å². The fraction of sp³-hybridized carbons (Fsp3) is 0.750. The van der Waals surface area contributed by atoms with Crippen LogP contribution in [0.2, 0.25) is 0 Å². The molecule has 2 rings (SSSR count). The second-order valence-electron chi connectivity index (χ2n) is 3.40. The monoisotopic (exact) mass is 246 g/mol. The smallest absolute Gasteiger partial charge is 0.259 e. The summed E-state index contributed by atoms with van der Waals surface area (Å²) < 4.78 is 11.2. The van der Waals surface area contributed by atoms with Crippen molar-refractivity contribution in [3.8, 4) is 0 Å². The maximum Gasteiger partial charge on any atom is 0.259 e. The molecule has 4 nitrogen and oxygen atoms in total. The van der Waals surface area contributed by atoms with Gasteiger partial charge in [0.1, 0.15) is 5.60 Å². The van der Waals surface area contributed by atoms with Crippen LogP contribution in [0.25, 0.3) is 0 Å². The average molecular weight is 247 g/mol. The number of rotatable bonds is 1. The largest absolute Gasteiger partial charge is 0.365 e. The Morgan fingerprint density at radius 3 is 2.85 bits per heavy atom. The van der Waals surface area contributed by atoms with Crippen LogP contribution in [-0.2, 0) is 10.3 Å². The molecule has 72 valence electrons. The molecule has 1 atom stereocenters. The van der Waals surface area contributed by atoms with E-state index in [2.05, 4.69) is 26.1 Å². The Kier molecular flexibility index (Phi) is 2.38. The molecular formula is C8H11BrN2O2. The second-order valence-corrected chi connectivity index (χ2v) is 4.11. The van der Waals surface area contributed by atoms with Crippen molar-refractivity contribution in [3.05, 3.63) is 10.6 Å². The SMILES string of the molecule is CC1(c2nc(Br)no2)CCCCO1. The van der Waals surface area contributed by atoms with Crippen LogP contribution >= 0.6 is 15.9 Å². The number of halogens is 1. The number of hydrogen-bond acceptors (Lipinski definition) is 4. The van der Waals surface area contributed by atoms with Crippen molar-refractivity contribution < 1.29 is 9.26 Å². The summed E-state index contributed by atoms with van der Waals surface area (Å²) >= 11 is 3.15. The van der Waals surface area contributed by atoms with E-state index in [-0.39, 0.29) is 5.60 Å². The molecule has 13 heavy (non-hydrogen) atoms. The summed E-state index contributed by atoms with van der Waals surface area (Å²) in [7, 11) is 0. The summed E-state index contributed by atoms with van der Waals surface area (Å²) in [5.74, 6) is 0.569. The Morgan fingerprint density at radius 1 is 1.46 bits per heavy atom. The lowest BCUT2D eigenvalue weighted by Crippen LogP contribution is -2.30. The van der Waals surface area contributed by atoms with Crippen LogP contribution in [0.3, 0.4) is 0 Å². The Morgan fingerprint density at radius 2 is 2.31 bits per heavy atom. The van der Waals surface area contributed by atoms with Crippen molar-refractivity contribution in [3.63, 3.8) is 0 Å². The van der Waals surface area contributed by atoms with Gasteiger partial charge in [-0.05, 0) is 47.3 Å². The lowest BCUT2D eigenvalue weighted by molar-refractivity contribution is -0.0891. The third-order valence-corrected chi connectivity index (χ3v) is 2.64. The molecule has 1 saturated heterocycles. The molecule has 1 unspecified atom stereocenters. The van der Waals surface area contributed by atoms with E-state index in [0.717, 1.165) is 25.9 Å². The van der Waals surface area contributed by atoms with Gasteiger partial charge in [0, 0.05) is 6.61 Å². The van der Waals surface area contributed by atoms with Crippen molar-refractivity contribution in [2.75, 3.05) is 6.61 Å². The van der Waals surface area contributed by atoms with Crippen LogP contribution in [0.5, 0.6) is 0 Å². The summed E-state index contributed by atoms with van der Waals surface area (Å²) in [6, 6.07) is 0. The fourth-order valence-electron chi connectivity index (χ4n) is 1.52. The molecule has 0 N–H and O–H groups in total. The highest BCUT2D eigenvalue weighted by Crippen LogP contribution is 2.33. The first-order chi connectivity index (χ1) is 6.21. The Bertz CT molecular complexity index is 294. The summed E-state index contributed by atoms with van der Waals surface area (Å²) in [6.07, 6.45) is 3.21. The van der Waals surface area contributed by atoms with Crippen LogP contribution in [0.4, 0.5) is 0 Å². The fourth-order valence-corrected chi connectivity index (χ4v) is 1.76. The molecule has 0 amide bonds. The molecule has 0 radical (unpaired) electrons. The van der Waals surface area contributed by atoms with Gasteiger partial charge in [-0.1, -0.05) is 0 Å². The minimum Gasteiger partial charge on any atom is -0.365 e. The molecule has 1 aromatic rings. The topological polar surface area (TPSA) is 48.2 Å². The van der Waals surface area contributed by atoms with Crippen LogP contribution < -0.4 is 0 Å².